The number of nitrogens with zero attached hydrogens (tertiary/aromatic N) is 2. The molecule has 2 rings (SSSR count). The maximum Gasteiger partial charge on any atom is 0.254 e. The number of carbonyl (C=O) groups excluding carboxylic acids is 3. The summed E-state index contributed by atoms with van der Waals surface area (Å²) in [6.45, 7) is 3.45. The van der Waals surface area contributed by atoms with Crippen LogP contribution in [-0.4, -0.2) is 60.2 Å². The van der Waals surface area contributed by atoms with Crippen LogP contribution in [0, 0.1) is 11.6 Å². The Labute approximate surface area is 138 Å². The molecule has 1 aliphatic heterocycles. The van der Waals surface area contributed by atoms with E-state index in [4.69, 9.17) is 0 Å². The average molecular weight is 339 g/mol. The van der Waals surface area contributed by atoms with E-state index in [2.05, 4.69) is 5.32 Å². The lowest BCUT2D eigenvalue weighted by molar-refractivity contribution is -0.138. The van der Waals surface area contributed by atoms with Gasteiger partial charge in [0.1, 0.15) is 11.6 Å². The zero-order valence-electron chi connectivity index (χ0n) is 13.3. The summed E-state index contributed by atoms with van der Waals surface area (Å²) in [6.07, 6.45) is 0.0780. The number of rotatable bonds is 4. The maximum absolute atomic E-state index is 13.5. The van der Waals surface area contributed by atoms with Gasteiger partial charge in [0.05, 0.1) is 5.56 Å². The molecule has 3 amide bonds. The SMILES string of the molecule is CC(=O)N1CCN(C(=O)CCNC(=O)c2ccc(F)cc2F)CC1. The quantitative estimate of drug-likeness (QED) is 0.881. The van der Waals surface area contributed by atoms with E-state index in [0.717, 1.165) is 12.1 Å². The van der Waals surface area contributed by atoms with E-state index in [1.807, 2.05) is 0 Å². The number of hydrogen-bond donors (Lipinski definition) is 1. The van der Waals surface area contributed by atoms with Gasteiger partial charge in [-0.1, -0.05) is 0 Å². The second-order valence-corrected chi connectivity index (χ2v) is 5.52. The first-order valence-corrected chi connectivity index (χ1v) is 7.65. The number of carbonyl (C=O) groups is 3. The smallest absolute Gasteiger partial charge is 0.254 e. The lowest BCUT2D eigenvalue weighted by Crippen LogP contribution is -2.50. The molecule has 0 unspecified atom stereocenters. The Balaban J connectivity index is 1.76. The highest BCUT2D eigenvalue weighted by atomic mass is 19.1. The minimum Gasteiger partial charge on any atom is -0.351 e. The second kappa shape index (κ2) is 7.85. The Bertz CT molecular complexity index is 643. The van der Waals surface area contributed by atoms with Crippen molar-refractivity contribution >= 4 is 17.7 Å². The van der Waals surface area contributed by atoms with Crippen LogP contribution in [0.2, 0.25) is 0 Å². The van der Waals surface area contributed by atoms with E-state index in [0.29, 0.717) is 32.2 Å². The molecule has 0 radical (unpaired) electrons. The summed E-state index contributed by atoms with van der Waals surface area (Å²) in [5.74, 6) is -2.56. The van der Waals surface area contributed by atoms with Crippen molar-refractivity contribution in [3.8, 4) is 0 Å². The minimum atomic E-state index is -0.945. The number of hydrogen-bond acceptors (Lipinski definition) is 3. The summed E-state index contributed by atoms with van der Waals surface area (Å²) in [4.78, 5) is 38.4. The average Bonchev–Trinajstić information content (AvgIpc) is 2.54. The fourth-order valence-electron chi connectivity index (χ4n) is 2.48. The van der Waals surface area contributed by atoms with E-state index in [-0.39, 0.29) is 30.3 Å². The van der Waals surface area contributed by atoms with Crippen molar-refractivity contribution < 1.29 is 23.2 Å². The fourth-order valence-corrected chi connectivity index (χ4v) is 2.48. The van der Waals surface area contributed by atoms with E-state index in [9.17, 15) is 23.2 Å². The number of piperazine rings is 1. The van der Waals surface area contributed by atoms with Crippen LogP contribution in [-0.2, 0) is 9.59 Å². The largest absolute Gasteiger partial charge is 0.351 e. The van der Waals surface area contributed by atoms with Gasteiger partial charge in [0.15, 0.2) is 0 Å². The Kier molecular flexibility index (Phi) is 5.83. The van der Waals surface area contributed by atoms with Crippen molar-refractivity contribution in [1.82, 2.24) is 15.1 Å². The van der Waals surface area contributed by atoms with Crippen LogP contribution in [0.15, 0.2) is 18.2 Å². The lowest BCUT2D eigenvalue weighted by atomic mass is 10.2. The molecule has 1 N–H and O–H groups in total. The molecule has 0 atom stereocenters. The molecule has 1 saturated heterocycles. The Morgan fingerprint density at radius 2 is 1.71 bits per heavy atom. The highest BCUT2D eigenvalue weighted by molar-refractivity contribution is 5.94. The third kappa shape index (κ3) is 4.50. The van der Waals surface area contributed by atoms with Gasteiger partial charge >= 0.3 is 0 Å². The molecule has 8 heteroatoms. The predicted molar refractivity (Wildman–Crippen MR) is 82.1 cm³/mol. The zero-order chi connectivity index (χ0) is 17.7. The van der Waals surface area contributed by atoms with E-state index in [1.54, 1.807) is 9.80 Å². The monoisotopic (exact) mass is 339 g/mol. The Morgan fingerprint density at radius 3 is 2.29 bits per heavy atom. The molecule has 6 nitrogen and oxygen atoms in total. The first kappa shape index (κ1) is 17.8. The molecule has 1 aromatic carbocycles. The van der Waals surface area contributed by atoms with Crippen molar-refractivity contribution in [2.75, 3.05) is 32.7 Å². The van der Waals surface area contributed by atoms with Gasteiger partial charge in [-0.2, -0.15) is 0 Å². The molecule has 1 heterocycles. The normalized spacial score (nSPS) is 14.5. The molecule has 1 aliphatic rings. The first-order valence-electron chi connectivity index (χ1n) is 7.65. The summed E-state index contributed by atoms with van der Waals surface area (Å²) in [5.41, 5.74) is -0.265. The standard InChI is InChI=1S/C16H19F2N3O3/c1-11(22)20-6-8-21(9-7-20)15(23)4-5-19-16(24)13-3-2-12(17)10-14(13)18/h2-3,10H,4-9H2,1H3,(H,19,24). The third-order valence-electron chi connectivity index (χ3n) is 3.88. The lowest BCUT2D eigenvalue weighted by Gasteiger charge is -2.34. The zero-order valence-corrected chi connectivity index (χ0v) is 13.3. The highest BCUT2D eigenvalue weighted by Gasteiger charge is 2.22. The van der Waals surface area contributed by atoms with Gasteiger partial charge in [0, 0.05) is 52.1 Å². The van der Waals surface area contributed by atoms with Crippen molar-refractivity contribution in [2.24, 2.45) is 0 Å². The van der Waals surface area contributed by atoms with Gasteiger partial charge in [-0.25, -0.2) is 8.78 Å². The molecular formula is C16H19F2N3O3. The summed E-state index contributed by atoms with van der Waals surface area (Å²) >= 11 is 0. The van der Waals surface area contributed by atoms with Crippen LogP contribution in [0.3, 0.4) is 0 Å². The molecule has 1 aromatic rings. The highest BCUT2D eigenvalue weighted by Crippen LogP contribution is 2.09. The molecule has 0 bridgehead atoms. The number of benzene rings is 1. The van der Waals surface area contributed by atoms with Crippen molar-refractivity contribution in [3.05, 3.63) is 35.4 Å². The second-order valence-electron chi connectivity index (χ2n) is 5.52. The minimum absolute atomic E-state index is 0.0179. The molecule has 24 heavy (non-hydrogen) atoms. The van der Waals surface area contributed by atoms with Gasteiger partial charge < -0.3 is 15.1 Å². The third-order valence-corrected chi connectivity index (χ3v) is 3.88. The maximum atomic E-state index is 13.5. The van der Waals surface area contributed by atoms with Crippen molar-refractivity contribution in [2.45, 2.75) is 13.3 Å². The summed E-state index contributed by atoms with van der Waals surface area (Å²) in [7, 11) is 0. The first-order chi connectivity index (χ1) is 11.4. The molecule has 0 saturated carbocycles. The van der Waals surface area contributed by atoms with Crippen LogP contribution in [0.5, 0.6) is 0 Å². The van der Waals surface area contributed by atoms with Gasteiger partial charge in [-0.05, 0) is 12.1 Å². The van der Waals surface area contributed by atoms with Gasteiger partial charge in [0.25, 0.3) is 5.91 Å². The fraction of sp³-hybridized carbons (Fsp3) is 0.438. The van der Waals surface area contributed by atoms with Crippen LogP contribution < -0.4 is 5.32 Å². The van der Waals surface area contributed by atoms with E-state index >= 15 is 0 Å². The summed E-state index contributed by atoms with van der Waals surface area (Å²) in [5, 5.41) is 2.44. The van der Waals surface area contributed by atoms with Crippen LogP contribution in [0.4, 0.5) is 8.78 Å². The molecular weight excluding hydrogens is 320 g/mol. The molecule has 0 aliphatic carbocycles. The number of amides is 3. The van der Waals surface area contributed by atoms with Gasteiger partial charge in [0.2, 0.25) is 11.8 Å². The van der Waals surface area contributed by atoms with Crippen LogP contribution in [0.1, 0.15) is 23.7 Å². The number of halogens is 2. The topological polar surface area (TPSA) is 69.7 Å². The van der Waals surface area contributed by atoms with Crippen LogP contribution in [0.25, 0.3) is 0 Å². The van der Waals surface area contributed by atoms with E-state index < -0.39 is 17.5 Å². The summed E-state index contributed by atoms with van der Waals surface area (Å²) < 4.78 is 26.3. The van der Waals surface area contributed by atoms with Crippen molar-refractivity contribution in [3.63, 3.8) is 0 Å². The molecule has 1 fully saturated rings. The van der Waals surface area contributed by atoms with Gasteiger partial charge in [-0.15, -0.1) is 0 Å². The van der Waals surface area contributed by atoms with Gasteiger partial charge in [-0.3, -0.25) is 14.4 Å². The summed E-state index contributed by atoms with van der Waals surface area (Å²) in [6, 6.07) is 2.69. The number of nitrogens with one attached hydrogen (secondary N) is 1. The predicted octanol–water partition coefficient (Wildman–Crippen LogP) is 0.775. The Hall–Kier alpha value is -2.51. The van der Waals surface area contributed by atoms with Crippen molar-refractivity contribution in [1.29, 1.82) is 0 Å². The van der Waals surface area contributed by atoms with E-state index in [1.165, 1.54) is 6.92 Å². The Morgan fingerprint density at radius 1 is 1.08 bits per heavy atom. The molecule has 0 spiro atoms. The molecule has 130 valence electrons. The molecule has 0 aromatic heterocycles. The van der Waals surface area contributed by atoms with Crippen LogP contribution >= 0.6 is 0 Å².